The molecule has 1 aliphatic rings. The maximum Gasteiger partial charge on any atom is 0.302 e. The predicted molar refractivity (Wildman–Crippen MR) is 71.1 cm³/mol. The molecule has 18 heavy (non-hydrogen) atoms. The van der Waals surface area contributed by atoms with Gasteiger partial charge in [0.25, 0.3) is 0 Å². The quantitative estimate of drug-likeness (QED) is 0.570. The number of allylic oxidation sites excluding steroid dienone is 3. The number of rotatable bonds is 3. The van der Waals surface area contributed by atoms with Gasteiger partial charge in [-0.1, -0.05) is 25.5 Å². The molecule has 0 saturated carbocycles. The molecule has 3 heteroatoms. The minimum Gasteiger partial charge on any atom is -0.462 e. The van der Waals surface area contributed by atoms with Crippen LogP contribution >= 0.6 is 0 Å². The van der Waals surface area contributed by atoms with Gasteiger partial charge in [-0.2, -0.15) is 0 Å². The highest BCUT2D eigenvalue weighted by Crippen LogP contribution is 2.41. The van der Waals surface area contributed by atoms with Crippen molar-refractivity contribution in [3.8, 4) is 0 Å². The third-order valence-corrected chi connectivity index (χ3v) is 3.27. The Morgan fingerprint density at radius 3 is 2.44 bits per heavy atom. The number of hydrogen-bond donors (Lipinski definition) is 0. The molecule has 1 aliphatic carbocycles. The zero-order valence-corrected chi connectivity index (χ0v) is 11.9. The average Bonchev–Trinajstić information content (AvgIpc) is 2.13. The average molecular weight is 250 g/mol. The molecule has 0 heterocycles. The van der Waals surface area contributed by atoms with Crippen LogP contribution in [0.5, 0.6) is 0 Å². The molecule has 1 rings (SSSR count). The Bertz CT molecular complexity index is 413. The summed E-state index contributed by atoms with van der Waals surface area (Å²) in [5, 5.41) is 0. The van der Waals surface area contributed by atoms with Gasteiger partial charge in [0.1, 0.15) is 6.10 Å². The van der Waals surface area contributed by atoms with Crippen molar-refractivity contribution in [2.24, 2.45) is 5.41 Å². The molecule has 3 nitrogen and oxygen atoms in total. The first-order chi connectivity index (χ1) is 8.27. The van der Waals surface area contributed by atoms with Crippen LogP contribution in [-0.2, 0) is 14.3 Å². The van der Waals surface area contributed by atoms with Gasteiger partial charge in [-0.3, -0.25) is 9.59 Å². The summed E-state index contributed by atoms with van der Waals surface area (Å²) in [6.07, 6.45) is 4.60. The largest absolute Gasteiger partial charge is 0.462 e. The maximum absolute atomic E-state index is 12.1. The third-order valence-electron chi connectivity index (χ3n) is 3.27. The molecule has 0 aromatic rings. The van der Waals surface area contributed by atoms with Crippen molar-refractivity contribution in [1.29, 1.82) is 0 Å². The van der Waals surface area contributed by atoms with Crippen LogP contribution in [0.4, 0.5) is 0 Å². The maximum atomic E-state index is 12.1. The Labute approximate surface area is 109 Å². The van der Waals surface area contributed by atoms with Crippen molar-refractivity contribution in [3.05, 3.63) is 23.3 Å². The first-order valence-electron chi connectivity index (χ1n) is 6.32. The minimum atomic E-state index is -0.258. The van der Waals surface area contributed by atoms with E-state index in [1.165, 1.54) is 6.92 Å². The Morgan fingerprint density at radius 2 is 2.00 bits per heavy atom. The van der Waals surface area contributed by atoms with E-state index in [9.17, 15) is 9.59 Å². The van der Waals surface area contributed by atoms with Gasteiger partial charge in [-0.25, -0.2) is 0 Å². The lowest BCUT2D eigenvalue weighted by molar-refractivity contribution is -0.147. The first-order valence-corrected chi connectivity index (χ1v) is 6.32. The van der Waals surface area contributed by atoms with E-state index in [-0.39, 0.29) is 23.3 Å². The number of ketones is 1. The van der Waals surface area contributed by atoms with Crippen LogP contribution in [0.15, 0.2) is 23.3 Å². The van der Waals surface area contributed by atoms with Crippen molar-refractivity contribution in [2.75, 3.05) is 0 Å². The normalized spacial score (nSPS) is 23.3. The summed E-state index contributed by atoms with van der Waals surface area (Å²) in [5.41, 5.74) is 1.64. The SMILES string of the molecule is C/C=C/C(=O)C1=C(C)C[C@@H](OC(C)=O)CC1(C)C. The lowest BCUT2D eigenvalue weighted by atomic mass is 9.70. The molecule has 0 bridgehead atoms. The summed E-state index contributed by atoms with van der Waals surface area (Å²) in [4.78, 5) is 23.1. The lowest BCUT2D eigenvalue weighted by Gasteiger charge is -2.37. The Hall–Kier alpha value is -1.38. The van der Waals surface area contributed by atoms with Crippen molar-refractivity contribution in [1.82, 2.24) is 0 Å². The lowest BCUT2D eigenvalue weighted by Crippen LogP contribution is -2.34. The van der Waals surface area contributed by atoms with E-state index in [1.807, 2.05) is 27.7 Å². The van der Waals surface area contributed by atoms with Gasteiger partial charge in [0.2, 0.25) is 0 Å². The van der Waals surface area contributed by atoms with Gasteiger partial charge >= 0.3 is 5.97 Å². The van der Waals surface area contributed by atoms with Crippen LogP contribution in [0.3, 0.4) is 0 Å². The standard InChI is InChI=1S/C15H22O3/c1-6-7-13(17)14-10(2)8-12(18-11(3)16)9-15(14,4)5/h6-7,12H,8-9H2,1-5H3/b7-6+/t12-/m1/s1. The predicted octanol–water partition coefficient (Wildman–Crippen LogP) is 3.20. The van der Waals surface area contributed by atoms with E-state index in [0.29, 0.717) is 12.8 Å². The monoisotopic (exact) mass is 250 g/mol. The van der Waals surface area contributed by atoms with Gasteiger partial charge in [0, 0.05) is 18.9 Å². The Balaban J connectivity index is 3.03. The summed E-state index contributed by atoms with van der Waals surface area (Å²) < 4.78 is 5.28. The Kier molecular flexibility index (Phi) is 4.49. The van der Waals surface area contributed by atoms with Crippen molar-refractivity contribution >= 4 is 11.8 Å². The van der Waals surface area contributed by atoms with Crippen LogP contribution in [0, 0.1) is 5.41 Å². The van der Waals surface area contributed by atoms with E-state index in [2.05, 4.69) is 0 Å². The van der Waals surface area contributed by atoms with E-state index in [0.717, 1.165) is 11.1 Å². The summed E-state index contributed by atoms with van der Waals surface area (Å²) in [5.74, 6) is -0.187. The molecule has 0 aromatic carbocycles. The highest BCUT2D eigenvalue weighted by atomic mass is 16.5. The van der Waals surface area contributed by atoms with Crippen LogP contribution in [0.1, 0.15) is 47.5 Å². The fourth-order valence-corrected chi connectivity index (χ4v) is 2.86. The molecule has 0 aliphatic heterocycles. The van der Waals surface area contributed by atoms with Crippen LogP contribution < -0.4 is 0 Å². The van der Waals surface area contributed by atoms with Crippen LogP contribution in [-0.4, -0.2) is 17.9 Å². The second-order valence-corrected chi connectivity index (χ2v) is 5.54. The van der Waals surface area contributed by atoms with Crippen molar-refractivity contribution in [3.63, 3.8) is 0 Å². The van der Waals surface area contributed by atoms with Gasteiger partial charge in [0.15, 0.2) is 5.78 Å². The van der Waals surface area contributed by atoms with E-state index < -0.39 is 0 Å². The number of esters is 1. The number of ether oxygens (including phenoxy) is 1. The van der Waals surface area contributed by atoms with Crippen LogP contribution in [0.2, 0.25) is 0 Å². The van der Waals surface area contributed by atoms with E-state index >= 15 is 0 Å². The topological polar surface area (TPSA) is 43.4 Å². The molecule has 0 aromatic heterocycles. The summed E-state index contributed by atoms with van der Waals surface area (Å²) in [7, 11) is 0. The number of hydrogen-bond acceptors (Lipinski definition) is 3. The fourth-order valence-electron chi connectivity index (χ4n) is 2.86. The molecule has 1 atom stereocenters. The third kappa shape index (κ3) is 3.31. The van der Waals surface area contributed by atoms with E-state index in [4.69, 9.17) is 4.74 Å². The van der Waals surface area contributed by atoms with E-state index in [1.54, 1.807) is 12.2 Å². The Morgan fingerprint density at radius 1 is 1.39 bits per heavy atom. The van der Waals surface area contributed by atoms with Gasteiger partial charge < -0.3 is 4.74 Å². The second kappa shape index (κ2) is 5.51. The zero-order valence-electron chi connectivity index (χ0n) is 11.9. The fraction of sp³-hybridized carbons (Fsp3) is 0.600. The smallest absolute Gasteiger partial charge is 0.302 e. The minimum absolute atomic E-state index is 0.0706. The number of carbonyl (C=O) groups excluding carboxylic acids is 2. The molecule has 0 unspecified atom stereocenters. The molecule has 0 N–H and O–H groups in total. The molecule has 0 spiro atoms. The molecular weight excluding hydrogens is 228 g/mol. The number of carbonyl (C=O) groups is 2. The summed E-state index contributed by atoms with van der Waals surface area (Å²) in [6.45, 7) is 9.28. The molecule has 0 amide bonds. The highest BCUT2D eigenvalue weighted by molar-refractivity contribution is 6.05. The van der Waals surface area contributed by atoms with Crippen molar-refractivity contribution < 1.29 is 14.3 Å². The van der Waals surface area contributed by atoms with Crippen LogP contribution in [0.25, 0.3) is 0 Å². The molecule has 0 saturated heterocycles. The van der Waals surface area contributed by atoms with Gasteiger partial charge in [-0.05, 0) is 31.8 Å². The summed E-state index contributed by atoms with van der Waals surface area (Å²) in [6, 6.07) is 0. The van der Waals surface area contributed by atoms with Gasteiger partial charge in [-0.15, -0.1) is 0 Å². The molecular formula is C15H22O3. The highest BCUT2D eigenvalue weighted by Gasteiger charge is 2.37. The summed E-state index contributed by atoms with van der Waals surface area (Å²) >= 11 is 0. The second-order valence-electron chi connectivity index (χ2n) is 5.54. The van der Waals surface area contributed by atoms with Crippen molar-refractivity contribution in [2.45, 2.75) is 53.6 Å². The molecule has 100 valence electrons. The van der Waals surface area contributed by atoms with Gasteiger partial charge in [0.05, 0.1) is 0 Å². The first kappa shape index (κ1) is 14.7. The molecule has 0 fully saturated rings. The molecule has 0 radical (unpaired) electrons. The zero-order chi connectivity index (χ0) is 13.9.